The van der Waals surface area contributed by atoms with Crippen molar-refractivity contribution in [1.82, 2.24) is 20.5 Å². The summed E-state index contributed by atoms with van der Waals surface area (Å²) in [5.41, 5.74) is 0.885. The summed E-state index contributed by atoms with van der Waals surface area (Å²) >= 11 is 0. The second-order valence-corrected chi connectivity index (χ2v) is 6.45. The molecule has 0 aromatic carbocycles. The van der Waals surface area contributed by atoms with E-state index in [1.54, 1.807) is 31.6 Å². The summed E-state index contributed by atoms with van der Waals surface area (Å²) in [6.07, 6.45) is 5.52. The minimum atomic E-state index is -0.108. The Hall–Kier alpha value is -1.42. The Morgan fingerprint density at radius 3 is 2.92 bits per heavy atom. The molecule has 0 bridgehead atoms. The summed E-state index contributed by atoms with van der Waals surface area (Å²) in [4.78, 5) is 22.6. The van der Waals surface area contributed by atoms with E-state index in [0.717, 1.165) is 45.1 Å². The first kappa shape index (κ1) is 19.9. The number of aliphatic imine (C=N–C) groups is 1. The van der Waals surface area contributed by atoms with Crippen LogP contribution in [0.25, 0.3) is 0 Å². The molecule has 2 fully saturated rings. The lowest BCUT2D eigenvalue weighted by Gasteiger charge is -2.25. The van der Waals surface area contributed by atoms with Crippen molar-refractivity contribution in [1.29, 1.82) is 0 Å². The molecular formula is C17H26IN5O2. The zero-order valence-electron chi connectivity index (χ0n) is 14.5. The van der Waals surface area contributed by atoms with Gasteiger partial charge in [0.2, 0.25) is 0 Å². The summed E-state index contributed by atoms with van der Waals surface area (Å²) in [7, 11) is 1.80. The van der Waals surface area contributed by atoms with E-state index in [-0.39, 0.29) is 29.9 Å². The lowest BCUT2D eigenvalue weighted by atomic mass is 9.87. The van der Waals surface area contributed by atoms with Crippen molar-refractivity contribution in [3.05, 3.63) is 30.1 Å². The van der Waals surface area contributed by atoms with E-state index < -0.39 is 0 Å². The van der Waals surface area contributed by atoms with Gasteiger partial charge in [0, 0.05) is 57.6 Å². The number of nitrogens with one attached hydrogen (secondary N) is 2. The first-order chi connectivity index (χ1) is 11.7. The Bertz CT molecular complexity index is 590. The molecule has 3 rings (SSSR count). The van der Waals surface area contributed by atoms with Crippen molar-refractivity contribution in [3.8, 4) is 0 Å². The van der Waals surface area contributed by atoms with Crippen LogP contribution in [0.4, 0.5) is 0 Å². The van der Waals surface area contributed by atoms with Crippen molar-refractivity contribution < 1.29 is 9.53 Å². The largest absolute Gasteiger partial charge is 0.381 e. The van der Waals surface area contributed by atoms with Crippen LogP contribution in [0.3, 0.4) is 0 Å². The fraction of sp³-hybridized carbons (Fsp3) is 0.588. The number of carbonyl (C=O) groups is 1. The van der Waals surface area contributed by atoms with E-state index in [0.29, 0.717) is 24.1 Å². The SMILES string of the molecule is CN=C(NCCNC(=O)c1cccnc1)N1CCC2(CCOC2)C1.I. The predicted molar refractivity (Wildman–Crippen MR) is 107 cm³/mol. The van der Waals surface area contributed by atoms with Gasteiger partial charge in [-0.1, -0.05) is 0 Å². The number of hydrogen-bond acceptors (Lipinski definition) is 4. The summed E-state index contributed by atoms with van der Waals surface area (Å²) in [5.74, 6) is 0.789. The quantitative estimate of drug-likeness (QED) is 0.306. The van der Waals surface area contributed by atoms with Crippen LogP contribution in [0.15, 0.2) is 29.5 Å². The van der Waals surface area contributed by atoms with E-state index in [9.17, 15) is 4.79 Å². The van der Waals surface area contributed by atoms with Gasteiger partial charge in [-0.2, -0.15) is 0 Å². The Kier molecular flexibility index (Phi) is 7.42. The average Bonchev–Trinajstić information content (AvgIpc) is 3.26. The maximum Gasteiger partial charge on any atom is 0.252 e. The Morgan fingerprint density at radius 1 is 1.40 bits per heavy atom. The van der Waals surface area contributed by atoms with Gasteiger partial charge in [-0.15, -0.1) is 24.0 Å². The predicted octanol–water partition coefficient (Wildman–Crippen LogP) is 1.12. The van der Waals surface area contributed by atoms with Crippen LogP contribution in [-0.4, -0.2) is 68.2 Å². The highest BCUT2D eigenvalue weighted by atomic mass is 127. The summed E-state index contributed by atoms with van der Waals surface area (Å²) < 4.78 is 5.57. The number of ether oxygens (including phenoxy) is 1. The standard InChI is InChI=1S/C17H25N5O2.HI/c1-18-16(22-9-4-17(12-22)5-10-24-13-17)21-8-7-20-15(23)14-3-2-6-19-11-14;/h2-3,6,11H,4-5,7-10,12-13H2,1H3,(H,18,21)(H,20,23);1H. The highest BCUT2D eigenvalue weighted by Crippen LogP contribution is 2.38. The van der Waals surface area contributed by atoms with Crippen LogP contribution in [0.1, 0.15) is 23.2 Å². The normalized spacial score (nSPS) is 22.8. The number of rotatable bonds is 4. The van der Waals surface area contributed by atoms with E-state index in [1.807, 2.05) is 0 Å². The van der Waals surface area contributed by atoms with E-state index in [4.69, 9.17) is 4.74 Å². The molecule has 8 heteroatoms. The van der Waals surface area contributed by atoms with Gasteiger partial charge in [-0.3, -0.25) is 14.8 Å². The van der Waals surface area contributed by atoms with Crippen LogP contribution in [0, 0.1) is 5.41 Å². The fourth-order valence-corrected chi connectivity index (χ4v) is 3.37. The Labute approximate surface area is 165 Å². The molecule has 1 atom stereocenters. The summed E-state index contributed by atoms with van der Waals surface area (Å²) in [5, 5.41) is 6.21. The molecule has 3 heterocycles. The lowest BCUT2D eigenvalue weighted by molar-refractivity contribution is 0.0954. The molecule has 0 radical (unpaired) electrons. The third-order valence-corrected chi connectivity index (χ3v) is 4.75. The number of likely N-dealkylation sites (tertiary alicyclic amines) is 1. The maximum absolute atomic E-state index is 12.0. The number of halogens is 1. The molecule has 25 heavy (non-hydrogen) atoms. The van der Waals surface area contributed by atoms with E-state index in [1.165, 1.54) is 0 Å². The number of hydrogen-bond donors (Lipinski definition) is 2. The molecule has 1 unspecified atom stereocenters. The molecule has 0 saturated carbocycles. The Balaban J connectivity index is 0.00000225. The Morgan fingerprint density at radius 2 is 2.24 bits per heavy atom. The zero-order chi connectivity index (χ0) is 16.8. The second kappa shape index (κ2) is 9.33. The third kappa shape index (κ3) is 5.04. The fourth-order valence-electron chi connectivity index (χ4n) is 3.37. The lowest BCUT2D eigenvalue weighted by Crippen LogP contribution is -2.44. The van der Waals surface area contributed by atoms with Gasteiger partial charge >= 0.3 is 0 Å². The smallest absolute Gasteiger partial charge is 0.252 e. The van der Waals surface area contributed by atoms with Crippen LogP contribution < -0.4 is 10.6 Å². The number of aromatic nitrogens is 1. The van der Waals surface area contributed by atoms with Crippen molar-refractivity contribution in [2.75, 3.05) is 46.4 Å². The highest BCUT2D eigenvalue weighted by molar-refractivity contribution is 14.0. The molecular weight excluding hydrogens is 433 g/mol. The van der Waals surface area contributed by atoms with Gasteiger partial charge in [-0.05, 0) is 25.0 Å². The van der Waals surface area contributed by atoms with Crippen LogP contribution >= 0.6 is 24.0 Å². The highest BCUT2D eigenvalue weighted by Gasteiger charge is 2.42. The van der Waals surface area contributed by atoms with Gasteiger partial charge in [-0.25, -0.2) is 0 Å². The molecule has 0 aliphatic carbocycles. The van der Waals surface area contributed by atoms with Gasteiger partial charge in [0.1, 0.15) is 0 Å². The molecule has 1 spiro atoms. The van der Waals surface area contributed by atoms with Gasteiger partial charge in [0.25, 0.3) is 5.91 Å². The molecule has 2 N–H and O–H groups in total. The number of carbonyl (C=O) groups excluding carboxylic acids is 1. The van der Waals surface area contributed by atoms with Crippen molar-refractivity contribution in [3.63, 3.8) is 0 Å². The first-order valence-electron chi connectivity index (χ1n) is 8.44. The van der Waals surface area contributed by atoms with Crippen LogP contribution in [-0.2, 0) is 4.74 Å². The molecule has 2 saturated heterocycles. The second-order valence-electron chi connectivity index (χ2n) is 6.45. The topological polar surface area (TPSA) is 78.8 Å². The number of nitrogens with zero attached hydrogens (tertiary/aromatic N) is 3. The van der Waals surface area contributed by atoms with E-state index >= 15 is 0 Å². The number of guanidine groups is 1. The molecule has 7 nitrogen and oxygen atoms in total. The molecule has 1 aromatic rings. The minimum Gasteiger partial charge on any atom is -0.381 e. The van der Waals surface area contributed by atoms with E-state index in [2.05, 4.69) is 25.5 Å². The summed E-state index contributed by atoms with van der Waals surface area (Å²) in [6.45, 7) is 4.91. The monoisotopic (exact) mass is 459 g/mol. The molecule has 2 aliphatic rings. The van der Waals surface area contributed by atoms with Gasteiger partial charge in [0.15, 0.2) is 5.96 Å². The number of pyridine rings is 1. The van der Waals surface area contributed by atoms with Gasteiger partial charge in [0.05, 0.1) is 12.2 Å². The summed E-state index contributed by atoms with van der Waals surface area (Å²) in [6, 6.07) is 3.51. The zero-order valence-corrected chi connectivity index (χ0v) is 16.9. The first-order valence-corrected chi connectivity index (χ1v) is 8.44. The molecule has 138 valence electrons. The van der Waals surface area contributed by atoms with Crippen molar-refractivity contribution in [2.45, 2.75) is 12.8 Å². The van der Waals surface area contributed by atoms with Gasteiger partial charge < -0.3 is 20.3 Å². The van der Waals surface area contributed by atoms with Crippen molar-refractivity contribution >= 4 is 35.8 Å². The molecule has 2 aliphatic heterocycles. The third-order valence-electron chi connectivity index (χ3n) is 4.75. The maximum atomic E-state index is 12.0. The number of amides is 1. The minimum absolute atomic E-state index is 0. The van der Waals surface area contributed by atoms with Crippen LogP contribution in [0.5, 0.6) is 0 Å². The molecule has 1 amide bonds. The molecule has 1 aromatic heterocycles. The van der Waals surface area contributed by atoms with Crippen molar-refractivity contribution in [2.24, 2.45) is 10.4 Å². The van der Waals surface area contributed by atoms with Crippen LogP contribution in [0.2, 0.25) is 0 Å². The average molecular weight is 459 g/mol.